The van der Waals surface area contributed by atoms with Crippen molar-refractivity contribution in [1.29, 1.82) is 0 Å². The first kappa shape index (κ1) is 33.0. The lowest BCUT2D eigenvalue weighted by molar-refractivity contribution is 0.121. The lowest BCUT2D eigenvalue weighted by Crippen LogP contribution is -2.40. The summed E-state index contributed by atoms with van der Waals surface area (Å²) in [5.74, 6) is 0.458. The van der Waals surface area contributed by atoms with Crippen LogP contribution in [0.5, 0.6) is 0 Å². The van der Waals surface area contributed by atoms with Crippen LogP contribution in [-0.4, -0.2) is 72.9 Å². The summed E-state index contributed by atoms with van der Waals surface area (Å²) < 4.78 is 25.5. The number of benzene rings is 3. The minimum Gasteiger partial charge on any atom is -0.465 e. The van der Waals surface area contributed by atoms with Gasteiger partial charge in [0.25, 0.3) is 0 Å². The number of hydrogen-bond acceptors (Lipinski definition) is 6. The lowest BCUT2D eigenvalue weighted by Gasteiger charge is -2.32. The molecule has 1 saturated heterocycles. The van der Waals surface area contributed by atoms with Gasteiger partial charge in [0, 0.05) is 48.7 Å². The maximum atomic E-state index is 13.8. The van der Waals surface area contributed by atoms with E-state index in [2.05, 4.69) is 39.3 Å². The van der Waals surface area contributed by atoms with Crippen molar-refractivity contribution >= 4 is 44.3 Å². The number of carbonyl (C=O) groups is 2. The Morgan fingerprint density at radius 3 is 2.13 bits per heavy atom. The molecule has 0 bridgehead atoms. The number of aromatic nitrogens is 1. The first-order chi connectivity index (χ1) is 22.1. The number of amides is 3. The number of rotatable bonds is 12. The summed E-state index contributed by atoms with van der Waals surface area (Å²) in [7, 11) is -3.37. The molecule has 2 heterocycles. The minimum absolute atomic E-state index is 0.114. The Morgan fingerprint density at radius 1 is 0.957 bits per heavy atom. The van der Waals surface area contributed by atoms with Gasteiger partial charge in [-0.3, -0.25) is 10.0 Å². The highest BCUT2D eigenvalue weighted by Gasteiger charge is 2.25. The fourth-order valence-electron chi connectivity index (χ4n) is 5.81. The monoisotopic (exact) mass is 661 g/mol. The number of nitrogens with zero attached hydrogens (tertiary/aromatic N) is 3. The molecule has 12 heteroatoms. The Bertz CT molecular complexity index is 1650. The largest absolute Gasteiger partial charge is 0.465 e. The summed E-state index contributed by atoms with van der Waals surface area (Å²) in [6.45, 7) is 2.11. The van der Waals surface area contributed by atoms with Crippen molar-refractivity contribution < 1.29 is 23.1 Å². The Labute approximate surface area is 274 Å². The van der Waals surface area contributed by atoms with E-state index >= 15 is 0 Å². The molecule has 0 saturated carbocycles. The first-order valence-corrected chi connectivity index (χ1v) is 18.1. The van der Waals surface area contributed by atoms with Gasteiger partial charge in [0.1, 0.15) is 0 Å². The molecule has 46 heavy (non-hydrogen) atoms. The third-order valence-corrected chi connectivity index (χ3v) is 9.64. The van der Waals surface area contributed by atoms with Crippen molar-refractivity contribution in [3.63, 3.8) is 0 Å². The molecule has 1 aliphatic rings. The molecular formula is C34H39N5O5S2. The maximum Gasteiger partial charge on any atom is 0.407 e. The van der Waals surface area contributed by atoms with Gasteiger partial charge in [-0.15, -0.1) is 11.3 Å². The summed E-state index contributed by atoms with van der Waals surface area (Å²) in [4.78, 5) is 33.1. The molecule has 1 aliphatic heterocycles. The Kier molecular flexibility index (Phi) is 10.9. The van der Waals surface area contributed by atoms with Crippen LogP contribution in [0.1, 0.15) is 42.7 Å². The van der Waals surface area contributed by atoms with E-state index in [-0.39, 0.29) is 11.9 Å². The van der Waals surface area contributed by atoms with E-state index < -0.39 is 16.1 Å². The van der Waals surface area contributed by atoms with Gasteiger partial charge in [-0.25, -0.2) is 23.0 Å². The Balaban J connectivity index is 1.29. The molecule has 3 amide bonds. The Morgan fingerprint density at radius 2 is 1.57 bits per heavy atom. The topological polar surface area (TPSA) is 132 Å². The van der Waals surface area contributed by atoms with E-state index in [1.807, 2.05) is 46.7 Å². The fourth-order valence-corrected chi connectivity index (χ4v) is 7.08. The normalized spacial score (nSPS) is 13.8. The number of carboxylic acid groups (broad SMARTS) is 1. The number of sulfonamides is 1. The predicted molar refractivity (Wildman–Crippen MR) is 183 cm³/mol. The van der Waals surface area contributed by atoms with Crippen LogP contribution in [0.2, 0.25) is 0 Å². The maximum absolute atomic E-state index is 13.8. The second kappa shape index (κ2) is 15.2. The van der Waals surface area contributed by atoms with Crippen LogP contribution < -0.4 is 10.0 Å². The zero-order chi connectivity index (χ0) is 32.5. The van der Waals surface area contributed by atoms with E-state index in [1.54, 1.807) is 24.3 Å². The highest BCUT2D eigenvalue weighted by Crippen LogP contribution is 2.30. The number of thiazole rings is 1. The molecule has 3 aromatic carbocycles. The van der Waals surface area contributed by atoms with Crippen molar-refractivity contribution in [3.8, 4) is 11.3 Å². The molecule has 3 N–H and O–H groups in total. The highest BCUT2D eigenvalue weighted by atomic mass is 32.2. The van der Waals surface area contributed by atoms with Crippen LogP contribution in [-0.2, 0) is 10.0 Å². The van der Waals surface area contributed by atoms with Gasteiger partial charge in [0.15, 0.2) is 5.13 Å². The average Bonchev–Trinajstić information content (AvgIpc) is 3.51. The Hall–Kier alpha value is -4.42. The zero-order valence-corrected chi connectivity index (χ0v) is 27.3. The van der Waals surface area contributed by atoms with Gasteiger partial charge in [-0.1, -0.05) is 72.8 Å². The lowest BCUT2D eigenvalue weighted by atomic mass is 9.88. The molecule has 0 unspecified atom stereocenters. The second-order valence-electron chi connectivity index (χ2n) is 11.6. The zero-order valence-electron chi connectivity index (χ0n) is 25.7. The smallest absolute Gasteiger partial charge is 0.407 e. The molecule has 0 aliphatic carbocycles. The molecule has 0 radical (unpaired) electrons. The summed E-state index contributed by atoms with van der Waals surface area (Å²) in [5.41, 5.74) is 4.32. The quantitative estimate of drug-likeness (QED) is 0.150. The standard InChI is InChI=1S/C34H39N5O5S2/c1-46(43,44)37-29-14-12-28(13-15-29)31-24-45-32(35-31)36-33(40)38(20-16-25-17-21-39(22-18-25)34(41)42)23-19-30(26-8-4-2-5-9-26)27-10-6-3-7-11-27/h2-15,24-25,30,37H,16-23H2,1H3,(H,41,42)(H,35,36,40). The number of likely N-dealkylation sites (tertiary alicyclic amines) is 1. The van der Waals surface area contributed by atoms with Crippen molar-refractivity contribution in [3.05, 3.63) is 101 Å². The van der Waals surface area contributed by atoms with Gasteiger partial charge < -0.3 is 14.9 Å². The SMILES string of the molecule is CS(=O)(=O)Nc1ccc(-c2csc(NC(=O)N(CCC3CCN(C(=O)O)CC3)CCC(c3ccccc3)c3ccccc3)n2)cc1. The predicted octanol–water partition coefficient (Wildman–Crippen LogP) is 7.02. The summed E-state index contributed by atoms with van der Waals surface area (Å²) in [6.07, 6.45) is 3.32. The van der Waals surface area contributed by atoms with Gasteiger partial charge in [-0.2, -0.15) is 0 Å². The number of hydrogen-bond donors (Lipinski definition) is 3. The number of nitrogens with one attached hydrogen (secondary N) is 2. The number of anilines is 2. The summed E-state index contributed by atoms with van der Waals surface area (Å²) in [5, 5.41) is 14.7. The first-order valence-electron chi connectivity index (χ1n) is 15.3. The fraction of sp³-hybridized carbons (Fsp3) is 0.324. The van der Waals surface area contributed by atoms with Crippen LogP contribution in [0.3, 0.4) is 0 Å². The van der Waals surface area contributed by atoms with Gasteiger partial charge >= 0.3 is 12.1 Å². The van der Waals surface area contributed by atoms with Crippen LogP contribution in [0, 0.1) is 5.92 Å². The molecule has 0 atom stereocenters. The van der Waals surface area contributed by atoms with E-state index in [0.29, 0.717) is 48.6 Å². The summed E-state index contributed by atoms with van der Waals surface area (Å²) >= 11 is 1.33. The van der Waals surface area contributed by atoms with Crippen molar-refractivity contribution in [1.82, 2.24) is 14.8 Å². The van der Waals surface area contributed by atoms with E-state index in [9.17, 15) is 23.1 Å². The van der Waals surface area contributed by atoms with Crippen LogP contribution in [0.15, 0.2) is 90.3 Å². The third kappa shape index (κ3) is 9.30. The van der Waals surface area contributed by atoms with Crippen LogP contribution in [0.4, 0.5) is 20.4 Å². The molecule has 242 valence electrons. The minimum atomic E-state index is -3.37. The molecular weight excluding hydrogens is 623 g/mol. The van der Waals surface area contributed by atoms with Gasteiger partial charge in [0.05, 0.1) is 11.9 Å². The number of carbonyl (C=O) groups excluding carboxylic acids is 1. The number of piperidine rings is 1. The van der Waals surface area contributed by atoms with Crippen molar-refractivity contribution in [2.24, 2.45) is 5.92 Å². The van der Waals surface area contributed by atoms with E-state index in [1.165, 1.54) is 27.4 Å². The van der Waals surface area contributed by atoms with Crippen LogP contribution >= 0.6 is 11.3 Å². The van der Waals surface area contributed by atoms with Crippen LogP contribution in [0.25, 0.3) is 11.3 Å². The molecule has 1 fully saturated rings. The van der Waals surface area contributed by atoms with Gasteiger partial charge in [-0.05, 0) is 54.9 Å². The van der Waals surface area contributed by atoms with Crippen molar-refractivity contribution in [2.75, 3.05) is 42.5 Å². The summed E-state index contributed by atoms with van der Waals surface area (Å²) in [6, 6.07) is 27.3. The van der Waals surface area contributed by atoms with E-state index in [0.717, 1.165) is 37.5 Å². The number of urea groups is 1. The molecule has 1 aromatic heterocycles. The van der Waals surface area contributed by atoms with Crippen molar-refractivity contribution in [2.45, 2.75) is 31.6 Å². The molecule has 0 spiro atoms. The molecule has 10 nitrogen and oxygen atoms in total. The van der Waals surface area contributed by atoms with E-state index in [4.69, 9.17) is 0 Å². The van der Waals surface area contributed by atoms with Gasteiger partial charge in [0.2, 0.25) is 10.0 Å². The molecule has 4 aromatic rings. The second-order valence-corrected chi connectivity index (χ2v) is 14.2. The third-order valence-electron chi connectivity index (χ3n) is 8.27. The molecule has 5 rings (SSSR count). The average molecular weight is 662 g/mol. The highest BCUT2D eigenvalue weighted by molar-refractivity contribution is 7.92.